The molecule has 0 aromatic heterocycles. The van der Waals surface area contributed by atoms with Crippen LogP contribution in [0.4, 0.5) is 0 Å². The Hall–Kier alpha value is -3.66. The van der Waals surface area contributed by atoms with E-state index in [0.717, 1.165) is 16.3 Å². The number of carbonyl (C=O) groups excluding carboxylic acids is 2. The van der Waals surface area contributed by atoms with E-state index in [4.69, 9.17) is 16.9 Å². The molecule has 2 aromatic carbocycles. The molecule has 3 atom stereocenters. The Morgan fingerprint density at radius 2 is 1.91 bits per heavy atom. The van der Waals surface area contributed by atoms with Gasteiger partial charge in [-0.1, -0.05) is 42.5 Å². The zero-order valence-electron chi connectivity index (χ0n) is 19.0. The minimum absolute atomic E-state index is 0.155. The number of aliphatic carboxylic acids is 1. The van der Waals surface area contributed by atoms with Gasteiger partial charge in [0.1, 0.15) is 12.1 Å². The molecule has 0 spiro atoms. The zero-order chi connectivity index (χ0) is 24.7. The van der Waals surface area contributed by atoms with E-state index in [2.05, 4.69) is 10.6 Å². The zero-order valence-corrected chi connectivity index (χ0v) is 19.0. The standard InChI is InChI=1S/C24H32N6O4/c25-18(7-3-11-28-24(26)27)21(31)29-19(22(32)30-12-4-8-20(30)23(33)34)14-15-9-10-16-5-1-2-6-17(16)13-15/h1-2,5-6,9-10,13,18-20H,3-4,7-8,11-12,14,25H2,(H,29,31)(H,33,34)(H4,26,27,28)/t18-,19+,20-/m0/s1. The van der Waals surface area contributed by atoms with E-state index < -0.39 is 35.9 Å². The molecule has 0 saturated carbocycles. The summed E-state index contributed by atoms with van der Waals surface area (Å²) < 4.78 is 0. The Morgan fingerprint density at radius 1 is 1.18 bits per heavy atom. The highest BCUT2D eigenvalue weighted by Crippen LogP contribution is 2.21. The number of amides is 2. The van der Waals surface area contributed by atoms with Crippen LogP contribution in [-0.4, -0.2) is 65.0 Å². The highest BCUT2D eigenvalue weighted by molar-refractivity contribution is 5.92. The number of guanidine groups is 1. The Labute approximate surface area is 198 Å². The first-order valence-corrected chi connectivity index (χ1v) is 11.4. The van der Waals surface area contributed by atoms with E-state index in [1.807, 2.05) is 42.5 Å². The van der Waals surface area contributed by atoms with Crippen LogP contribution in [0.3, 0.4) is 0 Å². The predicted molar refractivity (Wildman–Crippen MR) is 129 cm³/mol. The monoisotopic (exact) mass is 468 g/mol. The van der Waals surface area contributed by atoms with Crippen molar-refractivity contribution in [2.45, 2.75) is 50.2 Å². The lowest BCUT2D eigenvalue weighted by atomic mass is 10.00. The van der Waals surface area contributed by atoms with Crippen LogP contribution in [0, 0.1) is 5.41 Å². The molecular formula is C24H32N6O4. The van der Waals surface area contributed by atoms with Gasteiger partial charge in [-0.05, 0) is 42.0 Å². The van der Waals surface area contributed by atoms with Gasteiger partial charge in [0.05, 0.1) is 6.04 Å². The molecule has 2 aromatic rings. The van der Waals surface area contributed by atoms with Crippen LogP contribution in [0.5, 0.6) is 0 Å². The number of nitrogens with two attached hydrogens (primary N) is 2. The molecule has 2 amide bonds. The summed E-state index contributed by atoms with van der Waals surface area (Å²) in [5.41, 5.74) is 12.1. The lowest BCUT2D eigenvalue weighted by molar-refractivity contribution is -0.149. The molecule has 10 nitrogen and oxygen atoms in total. The molecule has 1 aliphatic heterocycles. The number of carbonyl (C=O) groups is 3. The third kappa shape index (κ3) is 6.44. The molecule has 182 valence electrons. The summed E-state index contributed by atoms with van der Waals surface area (Å²) in [5.74, 6) is -2.10. The molecule has 1 fully saturated rings. The first-order chi connectivity index (χ1) is 16.3. The van der Waals surface area contributed by atoms with Crippen molar-refractivity contribution in [2.75, 3.05) is 13.1 Å². The van der Waals surface area contributed by atoms with Crippen molar-refractivity contribution < 1.29 is 19.5 Å². The quantitative estimate of drug-likeness (QED) is 0.167. The van der Waals surface area contributed by atoms with Gasteiger partial charge in [0.15, 0.2) is 5.96 Å². The number of benzene rings is 2. The summed E-state index contributed by atoms with van der Waals surface area (Å²) in [7, 11) is 0. The normalized spacial score (nSPS) is 17.2. The number of nitrogens with one attached hydrogen (secondary N) is 3. The molecule has 34 heavy (non-hydrogen) atoms. The lowest BCUT2D eigenvalue weighted by Crippen LogP contribution is -2.55. The molecule has 0 bridgehead atoms. The number of nitrogens with zero attached hydrogens (tertiary/aromatic N) is 1. The molecule has 10 heteroatoms. The first-order valence-electron chi connectivity index (χ1n) is 11.4. The van der Waals surface area contributed by atoms with Crippen molar-refractivity contribution in [1.29, 1.82) is 5.41 Å². The SMILES string of the molecule is N=C(N)NCCC[C@H](N)C(=O)N[C@H](Cc1ccc2ccccc2c1)C(=O)N1CCC[C@H]1C(=O)O. The largest absolute Gasteiger partial charge is 0.480 e. The van der Waals surface area contributed by atoms with E-state index in [0.29, 0.717) is 38.8 Å². The number of carboxylic acid groups (broad SMARTS) is 1. The Bertz CT molecular complexity index is 1060. The molecule has 1 saturated heterocycles. The Balaban J connectivity index is 1.75. The number of fused-ring (bicyclic) bond motifs is 1. The van der Waals surface area contributed by atoms with E-state index in [1.54, 1.807) is 0 Å². The molecule has 1 heterocycles. The number of carboxylic acids is 1. The van der Waals surface area contributed by atoms with E-state index >= 15 is 0 Å². The van der Waals surface area contributed by atoms with E-state index in [1.165, 1.54) is 4.90 Å². The minimum atomic E-state index is -1.05. The first kappa shape index (κ1) is 25.0. The maximum absolute atomic E-state index is 13.4. The second kappa shape index (κ2) is 11.5. The van der Waals surface area contributed by atoms with E-state index in [9.17, 15) is 19.5 Å². The second-order valence-corrected chi connectivity index (χ2v) is 8.56. The number of likely N-dealkylation sites (tertiary alicyclic amines) is 1. The fourth-order valence-electron chi connectivity index (χ4n) is 4.24. The highest BCUT2D eigenvalue weighted by Gasteiger charge is 2.38. The second-order valence-electron chi connectivity index (χ2n) is 8.56. The average Bonchev–Trinajstić information content (AvgIpc) is 3.31. The van der Waals surface area contributed by atoms with Gasteiger partial charge in [0, 0.05) is 19.5 Å². The van der Waals surface area contributed by atoms with Gasteiger partial charge in [0.2, 0.25) is 11.8 Å². The maximum atomic E-state index is 13.4. The number of hydrogen-bond donors (Lipinski definition) is 6. The highest BCUT2D eigenvalue weighted by atomic mass is 16.4. The van der Waals surface area contributed by atoms with Crippen molar-refractivity contribution in [3.8, 4) is 0 Å². The Kier molecular flexibility index (Phi) is 8.42. The van der Waals surface area contributed by atoms with Crippen molar-refractivity contribution in [3.63, 3.8) is 0 Å². The number of rotatable bonds is 10. The topological polar surface area (TPSA) is 175 Å². The fourth-order valence-corrected chi connectivity index (χ4v) is 4.24. The van der Waals surface area contributed by atoms with Gasteiger partial charge in [0.25, 0.3) is 0 Å². The van der Waals surface area contributed by atoms with Gasteiger partial charge in [-0.15, -0.1) is 0 Å². The van der Waals surface area contributed by atoms with Crippen LogP contribution in [0.1, 0.15) is 31.2 Å². The van der Waals surface area contributed by atoms with Crippen molar-refractivity contribution in [3.05, 3.63) is 48.0 Å². The van der Waals surface area contributed by atoms with Gasteiger partial charge in [-0.3, -0.25) is 15.0 Å². The van der Waals surface area contributed by atoms with Crippen LogP contribution in [0.25, 0.3) is 10.8 Å². The summed E-state index contributed by atoms with van der Waals surface area (Å²) in [6.07, 6.45) is 2.06. The third-order valence-electron chi connectivity index (χ3n) is 6.03. The van der Waals surface area contributed by atoms with Crippen molar-refractivity contribution >= 4 is 34.5 Å². The minimum Gasteiger partial charge on any atom is -0.480 e. The number of hydrogen-bond acceptors (Lipinski definition) is 5. The van der Waals surface area contributed by atoms with Crippen LogP contribution in [0.15, 0.2) is 42.5 Å². The maximum Gasteiger partial charge on any atom is 0.326 e. The van der Waals surface area contributed by atoms with Crippen molar-refractivity contribution in [2.24, 2.45) is 11.5 Å². The lowest BCUT2D eigenvalue weighted by Gasteiger charge is -2.28. The molecule has 3 rings (SSSR count). The summed E-state index contributed by atoms with van der Waals surface area (Å²) in [6.45, 7) is 0.743. The third-order valence-corrected chi connectivity index (χ3v) is 6.03. The summed E-state index contributed by atoms with van der Waals surface area (Å²) in [5, 5.41) is 24.2. The van der Waals surface area contributed by atoms with Gasteiger partial charge in [-0.2, -0.15) is 0 Å². The average molecular weight is 469 g/mol. The molecule has 0 aliphatic carbocycles. The summed E-state index contributed by atoms with van der Waals surface area (Å²) in [4.78, 5) is 39.2. The van der Waals surface area contributed by atoms with Crippen molar-refractivity contribution in [1.82, 2.24) is 15.5 Å². The predicted octanol–water partition coefficient (Wildman–Crippen LogP) is 0.533. The van der Waals surface area contributed by atoms with E-state index in [-0.39, 0.29) is 12.4 Å². The smallest absolute Gasteiger partial charge is 0.326 e. The van der Waals surface area contributed by atoms with Gasteiger partial charge in [-0.25, -0.2) is 4.79 Å². The molecule has 0 radical (unpaired) electrons. The van der Waals surface area contributed by atoms with Crippen LogP contribution >= 0.6 is 0 Å². The Morgan fingerprint density at radius 3 is 2.62 bits per heavy atom. The fraction of sp³-hybridized carbons (Fsp3) is 0.417. The summed E-state index contributed by atoms with van der Waals surface area (Å²) in [6, 6.07) is 11.0. The van der Waals surface area contributed by atoms with Crippen LogP contribution in [0.2, 0.25) is 0 Å². The molecule has 0 unspecified atom stereocenters. The molecule has 8 N–H and O–H groups in total. The van der Waals surface area contributed by atoms with Gasteiger partial charge >= 0.3 is 5.97 Å². The molecule has 1 aliphatic rings. The van der Waals surface area contributed by atoms with Crippen LogP contribution < -0.4 is 22.1 Å². The van der Waals surface area contributed by atoms with Crippen LogP contribution in [-0.2, 0) is 20.8 Å². The summed E-state index contributed by atoms with van der Waals surface area (Å²) >= 11 is 0. The molecular weight excluding hydrogens is 436 g/mol. The van der Waals surface area contributed by atoms with Gasteiger partial charge < -0.3 is 32.1 Å².